The molecule has 1 aromatic rings. The maximum absolute atomic E-state index is 10.9. The normalized spacial score (nSPS) is 11.8. The summed E-state index contributed by atoms with van der Waals surface area (Å²) in [7, 11) is 0. The van der Waals surface area contributed by atoms with E-state index in [1.165, 1.54) is 6.08 Å². The van der Waals surface area contributed by atoms with E-state index in [4.69, 9.17) is 4.74 Å². The minimum absolute atomic E-state index is 0.216. The average molecular weight is 176 g/mol. The Hall–Kier alpha value is -1.57. The first-order chi connectivity index (χ1) is 6.24. The first kappa shape index (κ1) is 9.52. The van der Waals surface area contributed by atoms with E-state index >= 15 is 0 Å². The van der Waals surface area contributed by atoms with E-state index in [2.05, 4.69) is 6.58 Å². The second kappa shape index (κ2) is 4.45. The van der Waals surface area contributed by atoms with Crippen LogP contribution in [0, 0.1) is 0 Å². The molecule has 0 saturated carbocycles. The summed E-state index contributed by atoms with van der Waals surface area (Å²) in [5.74, 6) is -0.392. The molecule has 0 saturated heterocycles. The molecule has 1 atom stereocenters. The van der Waals surface area contributed by atoms with Gasteiger partial charge in [0.25, 0.3) is 0 Å². The zero-order chi connectivity index (χ0) is 9.68. The lowest BCUT2D eigenvalue weighted by Crippen LogP contribution is -2.05. The van der Waals surface area contributed by atoms with Gasteiger partial charge < -0.3 is 4.74 Å². The van der Waals surface area contributed by atoms with Crippen molar-refractivity contribution in [1.82, 2.24) is 0 Å². The fraction of sp³-hybridized carbons (Fsp3) is 0.182. The number of hydrogen-bond donors (Lipinski definition) is 0. The Morgan fingerprint density at radius 2 is 2.08 bits per heavy atom. The quantitative estimate of drug-likeness (QED) is 0.522. The molecule has 0 radical (unpaired) electrons. The van der Waals surface area contributed by atoms with E-state index in [1.54, 1.807) is 0 Å². The van der Waals surface area contributed by atoms with Crippen LogP contribution >= 0.6 is 0 Å². The van der Waals surface area contributed by atoms with Gasteiger partial charge in [-0.2, -0.15) is 0 Å². The molecule has 1 unspecified atom stereocenters. The molecule has 0 spiro atoms. The Bertz CT molecular complexity index is 290. The summed E-state index contributed by atoms with van der Waals surface area (Å²) >= 11 is 0. The fourth-order valence-electron chi connectivity index (χ4n) is 1.01. The lowest BCUT2D eigenvalue weighted by Gasteiger charge is -2.11. The van der Waals surface area contributed by atoms with Crippen LogP contribution < -0.4 is 0 Å². The van der Waals surface area contributed by atoms with Gasteiger partial charge in [-0.05, 0) is 12.5 Å². The first-order valence-corrected chi connectivity index (χ1v) is 4.12. The molecule has 1 aromatic carbocycles. The summed E-state index contributed by atoms with van der Waals surface area (Å²) in [5, 5.41) is 0. The van der Waals surface area contributed by atoms with Gasteiger partial charge in [-0.15, -0.1) is 0 Å². The molecule has 0 amide bonds. The summed E-state index contributed by atoms with van der Waals surface area (Å²) in [6.45, 7) is 5.16. The van der Waals surface area contributed by atoms with Crippen molar-refractivity contribution in [2.75, 3.05) is 0 Å². The minimum atomic E-state index is -0.392. The van der Waals surface area contributed by atoms with Crippen molar-refractivity contribution in [3.05, 3.63) is 48.6 Å². The number of rotatable bonds is 3. The molecule has 0 aliphatic carbocycles. The van der Waals surface area contributed by atoms with Crippen LogP contribution in [0.2, 0.25) is 0 Å². The highest BCUT2D eigenvalue weighted by atomic mass is 16.5. The van der Waals surface area contributed by atoms with Crippen LogP contribution in [0.4, 0.5) is 0 Å². The zero-order valence-corrected chi connectivity index (χ0v) is 7.57. The Morgan fingerprint density at radius 1 is 1.46 bits per heavy atom. The molecular weight excluding hydrogens is 164 g/mol. The SMILES string of the molecule is C=CC(=O)OC(C)c1ccccc1. The molecule has 2 nitrogen and oxygen atoms in total. The first-order valence-electron chi connectivity index (χ1n) is 4.12. The number of carbonyl (C=O) groups excluding carboxylic acids is 1. The lowest BCUT2D eigenvalue weighted by atomic mass is 10.1. The van der Waals surface area contributed by atoms with Crippen LogP contribution in [-0.4, -0.2) is 5.97 Å². The van der Waals surface area contributed by atoms with Crippen molar-refractivity contribution < 1.29 is 9.53 Å². The van der Waals surface area contributed by atoms with Crippen molar-refractivity contribution in [3.63, 3.8) is 0 Å². The molecule has 0 aliphatic heterocycles. The van der Waals surface area contributed by atoms with Crippen LogP contribution in [0.1, 0.15) is 18.6 Å². The smallest absolute Gasteiger partial charge is 0.330 e. The third-order valence-corrected chi connectivity index (χ3v) is 1.73. The monoisotopic (exact) mass is 176 g/mol. The summed E-state index contributed by atoms with van der Waals surface area (Å²) in [6.07, 6.45) is 0.950. The van der Waals surface area contributed by atoms with Gasteiger partial charge >= 0.3 is 5.97 Å². The van der Waals surface area contributed by atoms with Gasteiger partial charge in [0, 0.05) is 6.08 Å². The van der Waals surface area contributed by atoms with E-state index in [0.717, 1.165) is 5.56 Å². The van der Waals surface area contributed by atoms with Crippen LogP contribution in [-0.2, 0) is 9.53 Å². The zero-order valence-electron chi connectivity index (χ0n) is 7.57. The second-order valence-corrected chi connectivity index (χ2v) is 2.69. The van der Waals surface area contributed by atoms with Gasteiger partial charge in [-0.1, -0.05) is 36.9 Å². The van der Waals surface area contributed by atoms with Gasteiger partial charge in [-0.25, -0.2) is 4.79 Å². The highest BCUT2D eigenvalue weighted by molar-refractivity contribution is 5.81. The third kappa shape index (κ3) is 2.75. The molecule has 0 bridgehead atoms. The molecule has 0 aliphatic rings. The number of esters is 1. The Balaban J connectivity index is 2.63. The fourth-order valence-corrected chi connectivity index (χ4v) is 1.01. The standard InChI is InChI=1S/C11H12O2/c1-3-11(12)13-9(2)10-7-5-4-6-8-10/h3-9H,1H2,2H3. The van der Waals surface area contributed by atoms with Gasteiger partial charge in [-0.3, -0.25) is 0 Å². The van der Waals surface area contributed by atoms with Crippen molar-refractivity contribution in [3.8, 4) is 0 Å². The van der Waals surface area contributed by atoms with E-state index in [0.29, 0.717) is 0 Å². The maximum atomic E-state index is 10.9. The Labute approximate surface area is 77.8 Å². The third-order valence-electron chi connectivity index (χ3n) is 1.73. The summed E-state index contributed by atoms with van der Waals surface area (Å²) in [5.41, 5.74) is 0.984. The van der Waals surface area contributed by atoms with E-state index < -0.39 is 5.97 Å². The summed E-state index contributed by atoms with van der Waals surface area (Å²) in [6, 6.07) is 9.58. The van der Waals surface area contributed by atoms with E-state index in [1.807, 2.05) is 37.3 Å². The van der Waals surface area contributed by atoms with Gasteiger partial charge in [0.2, 0.25) is 0 Å². The number of carbonyl (C=O) groups is 1. The molecule has 0 fully saturated rings. The molecule has 0 heterocycles. The maximum Gasteiger partial charge on any atom is 0.330 e. The Morgan fingerprint density at radius 3 is 2.62 bits per heavy atom. The molecule has 2 heteroatoms. The molecule has 0 N–H and O–H groups in total. The van der Waals surface area contributed by atoms with Crippen LogP contribution in [0.15, 0.2) is 43.0 Å². The molecule has 68 valence electrons. The summed E-state index contributed by atoms with van der Waals surface area (Å²) in [4.78, 5) is 10.9. The van der Waals surface area contributed by atoms with Crippen molar-refractivity contribution in [2.45, 2.75) is 13.0 Å². The van der Waals surface area contributed by atoms with Crippen molar-refractivity contribution in [1.29, 1.82) is 0 Å². The molecule has 0 aromatic heterocycles. The minimum Gasteiger partial charge on any atom is -0.455 e. The number of hydrogen-bond acceptors (Lipinski definition) is 2. The molecule has 13 heavy (non-hydrogen) atoms. The Kier molecular flexibility index (Phi) is 3.26. The predicted molar refractivity (Wildman–Crippen MR) is 51.1 cm³/mol. The number of benzene rings is 1. The number of ether oxygens (including phenoxy) is 1. The van der Waals surface area contributed by atoms with Crippen LogP contribution in [0.25, 0.3) is 0 Å². The van der Waals surface area contributed by atoms with Crippen LogP contribution in [0.3, 0.4) is 0 Å². The second-order valence-electron chi connectivity index (χ2n) is 2.69. The predicted octanol–water partition coefficient (Wildman–Crippen LogP) is 2.48. The van der Waals surface area contributed by atoms with Crippen LogP contribution in [0.5, 0.6) is 0 Å². The average Bonchev–Trinajstić information content (AvgIpc) is 2.19. The van der Waals surface area contributed by atoms with Crippen molar-refractivity contribution >= 4 is 5.97 Å². The van der Waals surface area contributed by atoms with Gasteiger partial charge in [0.15, 0.2) is 0 Å². The van der Waals surface area contributed by atoms with Gasteiger partial charge in [0.1, 0.15) is 6.10 Å². The van der Waals surface area contributed by atoms with Crippen molar-refractivity contribution in [2.24, 2.45) is 0 Å². The molecular formula is C11H12O2. The van der Waals surface area contributed by atoms with E-state index in [-0.39, 0.29) is 6.10 Å². The highest BCUT2D eigenvalue weighted by Gasteiger charge is 2.07. The van der Waals surface area contributed by atoms with Gasteiger partial charge in [0.05, 0.1) is 0 Å². The van der Waals surface area contributed by atoms with E-state index in [9.17, 15) is 4.79 Å². The topological polar surface area (TPSA) is 26.3 Å². The largest absolute Gasteiger partial charge is 0.455 e. The summed E-state index contributed by atoms with van der Waals surface area (Å²) < 4.78 is 5.03. The molecule has 1 rings (SSSR count). The highest BCUT2D eigenvalue weighted by Crippen LogP contribution is 2.15. The lowest BCUT2D eigenvalue weighted by molar-refractivity contribution is -0.142.